The zero-order valence-electron chi connectivity index (χ0n) is 18.5. The molecule has 0 spiro atoms. The normalized spacial score (nSPS) is 11.5. The van der Waals surface area contributed by atoms with Gasteiger partial charge in [-0.25, -0.2) is 18.4 Å². The fraction of sp³-hybridized carbons (Fsp3) is 0.167. The van der Waals surface area contributed by atoms with E-state index in [1.807, 2.05) is 13.0 Å². The third kappa shape index (κ3) is 5.16. The number of aromatic nitrogens is 3. The number of pyridine rings is 3. The number of halogens is 1. The molecule has 4 rings (SSSR count). The Labute approximate surface area is 202 Å². The predicted octanol–water partition coefficient (Wildman–Crippen LogP) is 3.49. The van der Waals surface area contributed by atoms with E-state index in [-0.39, 0.29) is 17.2 Å². The van der Waals surface area contributed by atoms with Gasteiger partial charge in [0.1, 0.15) is 5.82 Å². The maximum absolute atomic E-state index is 12.7. The van der Waals surface area contributed by atoms with Gasteiger partial charge < -0.3 is 11.1 Å². The molecule has 8 nitrogen and oxygen atoms in total. The number of rotatable bonds is 6. The van der Waals surface area contributed by atoms with E-state index in [1.165, 1.54) is 12.3 Å². The van der Waals surface area contributed by atoms with Crippen LogP contribution in [-0.2, 0) is 22.8 Å². The van der Waals surface area contributed by atoms with Crippen LogP contribution in [0.15, 0.2) is 59.6 Å². The molecule has 3 N–H and O–H groups in total. The molecule has 10 heteroatoms. The molecule has 0 atom stereocenters. The molecule has 174 valence electrons. The van der Waals surface area contributed by atoms with Gasteiger partial charge in [-0.2, -0.15) is 0 Å². The molecule has 0 unspecified atom stereocenters. The van der Waals surface area contributed by atoms with Crippen molar-refractivity contribution >= 4 is 44.1 Å². The van der Waals surface area contributed by atoms with Crippen molar-refractivity contribution in [2.45, 2.75) is 24.8 Å². The van der Waals surface area contributed by atoms with Crippen LogP contribution in [0.1, 0.15) is 33.0 Å². The van der Waals surface area contributed by atoms with Crippen molar-refractivity contribution in [1.82, 2.24) is 20.3 Å². The van der Waals surface area contributed by atoms with Crippen LogP contribution < -0.4 is 11.1 Å². The van der Waals surface area contributed by atoms with Gasteiger partial charge in [0.2, 0.25) is 0 Å². The number of carbonyl (C=O) groups is 1. The first-order valence-electron chi connectivity index (χ1n) is 10.3. The highest BCUT2D eigenvalue weighted by Crippen LogP contribution is 2.27. The Morgan fingerprint density at radius 1 is 1.12 bits per heavy atom. The highest BCUT2D eigenvalue weighted by molar-refractivity contribution is 7.91. The molecular formula is C24H22ClN5O3S. The highest BCUT2D eigenvalue weighted by atomic mass is 35.5. The molecule has 4 aromatic rings. The summed E-state index contributed by atoms with van der Waals surface area (Å²) in [6.07, 6.45) is 2.91. The van der Waals surface area contributed by atoms with Gasteiger partial charge in [-0.15, -0.1) is 0 Å². The number of nitrogens with zero attached hydrogens (tertiary/aromatic N) is 3. The molecule has 0 bridgehead atoms. The topological polar surface area (TPSA) is 128 Å². The minimum Gasteiger partial charge on any atom is -0.384 e. The summed E-state index contributed by atoms with van der Waals surface area (Å²) < 4.78 is 24.4. The summed E-state index contributed by atoms with van der Waals surface area (Å²) >= 11 is 6.43. The van der Waals surface area contributed by atoms with Gasteiger partial charge in [-0.3, -0.25) is 9.78 Å². The quantitative estimate of drug-likeness (QED) is 0.419. The summed E-state index contributed by atoms with van der Waals surface area (Å²) in [4.78, 5) is 25.9. The van der Waals surface area contributed by atoms with Crippen molar-refractivity contribution < 1.29 is 13.2 Å². The number of fused-ring (bicyclic) bond motifs is 1. The Hall–Kier alpha value is -3.56. The number of nitrogen functional groups attached to an aromatic ring is 1. The van der Waals surface area contributed by atoms with Crippen LogP contribution in [0.5, 0.6) is 0 Å². The summed E-state index contributed by atoms with van der Waals surface area (Å²) in [6, 6.07) is 13.4. The first-order valence-corrected chi connectivity index (χ1v) is 12.6. The number of carbonyl (C=O) groups excluding carboxylic acids is 1. The Morgan fingerprint density at radius 3 is 2.65 bits per heavy atom. The molecule has 3 heterocycles. The average Bonchev–Trinajstić information content (AvgIpc) is 2.78. The number of amides is 1. The lowest BCUT2D eigenvalue weighted by atomic mass is 10.1. The maximum Gasteiger partial charge on any atom is 0.251 e. The van der Waals surface area contributed by atoms with Crippen molar-refractivity contribution in [3.05, 3.63) is 88.0 Å². The lowest BCUT2D eigenvalue weighted by molar-refractivity contribution is 0.0950. The SMILES string of the molecule is Cc1nc(N)ccc1CNC(=O)c1ccnc(Cc2nc3c(S(C)(=O)=O)cccc3cc2Cl)c1. The molecular weight excluding hydrogens is 474 g/mol. The van der Waals surface area contributed by atoms with Crippen molar-refractivity contribution in [1.29, 1.82) is 0 Å². The summed E-state index contributed by atoms with van der Waals surface area (Å²) in [5, 5.41) is 3.89. The first kappa shape index (κ1) is 23.6. The van der Waals surface area contributed by atoms with Crippen molar-refractivity contribution in [2.24, 2.45) is 0 Å². The van der Waals surface area contributed by atoms with Crippen molar-refractivity contribution in [2.75, 3.05) is 12.0 Å². The second-order valence-corrected chi connectivity index (χ2v) is 10.3. The minimum absolute atomic E-state index is 0.136. The van der Waals surface area contributed by atoms with E-state index in [0.717, 1.165) is 17.5 Å². The fourth-order valence-corrected chi connectivity index (χ4v) is 4.64. The summed E-state index contributed by atoms with van der Waals surface area (Å²) in [6.45, 7) is 2.14. The standard InChI is InChI=1S/C24H22ClN5O3S/c1-14-17(6-7-22(26)29-14)13-28-24(31)16-8-9-27-18(10-16)12-20-19(25)11-15-4-3-5-21(23(15)30-20)34(2,32)33/h3-11H,12-13H2,1-2H3,(H2,26,29)(H,28,31). The molecule has 0 fully saturated rings. The van der Waals surface area contributed by atoms with Gasteiger partial charge in [0.05, 0.1) is 21.1 Å². The van der Waals surface area contributed by atoms with E-state index in [0.29, 0.717) is 45.2 Å². The van der Waals surface area contributed by atoms with Crippen molar-refractivity contribution in [3.8, 4) is 0 Å². The zero-order valence-corrected chi connectivity index (χ0v) is 20.1. The van der Waals surface area contributed by atoms with Crippen LogP contribution in [-0.4, -0.2) is 35.5 Å². The lowest BCUT2D eigenvalue weighted by Gasteiger charge is -2.10. The van der Waals surface area contributed by atoms with E-state index < -0.39 is 9.84 Å². The number of para-hydroxylation sites is 1. The number of hydrogen-bond acceptors (Lipinski definition) is 7. The number of anilines is 1. The summed E-state index contributed by atoms with van der Waals surface area (Å²) in [7, 11) is -3.47. The number of benzene rings is 1. The Morgan fingerprint density at radius 2 is 1.91 bits per heavy atom. The fourth-order valence-electron chi connectivity index (χ4n) is 3.57. The molecule has 3 aromatic heterocycles. The number of nitrogens with one attached hydrogen (secondary N) is 1. The third-order valence-corrected chi connectivity index (χ3v) is 6.77. The molecule has 1 aromatic carbocycles. The van der Waals surface area contributed by atoms with Crippen LogP contribution >= 0.6 is 11.6 Å². The van der Waals surface area contributed by atoms with Gasteiger partial charge >= 0.3 is 0 Å². The lowest BCUT2D eigenvalue weighted by Crippen LogP contribution is -2.23. The summed E-state index contributed by atoms with van der Waals surface area (Å²) in [5.74, 6) is 0.160. The second-order valence-electron chi connectivity index (χ2n) is 7.89. The molecule has 1 amide bonds. The monoisotopic (exact) mass is 495 g/mol. The number of sulfone groups is 1. The number of hydrogen-bond donors (Lipinski definition) is 2. The largest absolute Gasteiger partial charge is 0.384 e. The van der Waals surface area contributed by atoms with Gasteiger partial charge in [0.15, 0.2) is 9.84 Å². The third-order valence-electron chi connectivity index (χ3n) is 5.32. The molecule has 0 saturated carbocycles. The Bertz CT molecular complexity index is 1520. The van der Waals surface area contributed by atoms with Crippen LogP contribution in [0.4, 0.5) is 5.82 Å². The minimum atomic E-state index is -3.47. The van der Waals surface area contributed by atoms with E-state index in [4.69, 9.17) is 17.3 Å². The van der Waals surface area contributed by atoms with E-state index in [2.05, 4.69) is 20.3 Å². The smallest absolute Gasteiger partial charge is 0.251 e. The Balaban J connectivity index is 1.57. The van der Waals surface area contributed by atoms with Crippen molar-refractivity contribution in [3.63, 3.8) is 0 Å². The molecule has 0 aliphatic rings. The van der Waals surface area contributed by atoms with E-state index >= 15 is 0 Å². The van der Waals surface area contributed by atoms with Gasteiger partial charge in [0, 0.05) is 47.8 Å². The molecule has 0 saturated heterocycles. The molecule has 0 radical (unpaired) electrons. The van der Waals surface area contributed by atoms with E-state index in [9.17, 15) is 13.2 Å². The van der Waals surface area contributed by atoms with E-state index in [1.54, 1.807) is 36.4 Å². The van der Waals surface area contributed by atoms with Crippen LogP contribution in [0.25, 0.3) is 10.9 Å². The maximum atomic E-state index is 12.7. The zero-order chi connectivity index (χ0) is 24.5. The summed E-state index contributed by atoms with van der Waals surface area (Å²) in [5.41, 5.74) is 9.12. The Kier molecular flexibility index (Phi) is 6.49. The number of aryl methyl sites for hydroxylation is 1. The highest BCUT2D eigenvalue weighted by Gasteiger charge is 2.16. The van der Waals surface area contributed by atoms with Gasteiger partial charge in [0.25, 0.3) is 5.91 Å². The van der Waals surface area contributed by atoms with Gasteiger partial charge in [-0.05, 0) is 42.8 Å². The van der Waals surface area contributed by atoms with Gasteiger partial charge in [-0.1, -0.05) is 29.8 Å². The average molecular weight is 496 g/mol. The number of nitrogens with two attached hydrogens (primary N) is 1. The predicted molar refractivity (Wildman–Crippen MR) is 131 cm³/mol. The van der Waals surface area contributed by atoms with Crippen LogP contribution in [0, 0.1) is 6.92 Å². The second kappa shape index (κ2) is 9.36. The van der Waals surface area contributed by atoms with Crippen LogP contribution in [0.2, 0.25) is 5.02 Å². The molecule has 0 aliphatic heterocycles. The molecule has 34 heavy (non-hydrogen) atoms. The first-order chi connectivity index (χ1) is 16.1. The molecule has 0 aliphatic carbocycles. The van der Waals surface area contributed by atoms with Crippen LogP contribution in [0.3, 0.4) is 0 Å².